The zero-order valence-electron chi connectivity index (χ0n) is 19.8. The number of para-hydroxylation sites is 1. The van der Waals surface area contributed by atoms with Crippen molar-refractivity contribution in [3.8, 4) is 5.75 Å². The van der Waals surface area contributed by atoms with E-state index in [9.17, 15) is 18.3 Å². The molecule has 0 spiro atoms. The van der Waals surface area contributed by atoms with E-state index in [1.165, 1.54) is 18.9 Å². The van der Waals surface area contributed by atoms with Crippen molar-refractivity contribution < 1.29 is 23.1 Å². The van der Waals surface area contributed by atoms with Gasteiger partial charge in [0.05, 0.1) is 23.9 Å². The fourth-order valence-corrected chi connectivity index (χ4v) is 6.33. The third-order valence-corrected chi connectivity index (χ3v) is 9.22. The lowest BCUT2D eigenvalue weighted by Gasteiger charge is -2.38. The van der Waals surface area contributed by atoms with Gasteiger partial charge in [0, 0.05) is 25.6 Å². The van der Waals surface area contributed by atoms with E-state index < -0.39 is 10.0 Å². The maximum atomic E-state index is 13.5. The monoisotopic (exact) mass is 507 g/mol. The lowest BCUT2D eigenvalue weighted by Crippen LogP contribution is -2.50. The number of likely N-dealkylation sites (N-methyl/N-ethyl adjacent to an activating group) is 1. The van der Waals surface area contributed by atoms with Crippen molar-refractivity contribution in [3.05, 3.63) is 41.3 Å². The van der Waals surface area contributed by atoms with E-state index in [0.717, 1.165) is 23.8 Å². The van der Waals surface area contributed by atoms with Gasteiger partial charge in [0.25, 0.3) is 15.9 Å². The molecule has 1 fully saturated rings. The molecule has 4 rings (SSSR count). The Morgan fingerprint density at radius 3 is 2.68 bits per heavy atom. The molecule has 2 aliphatic rings. The Kier molecular flexibility index (Phi) is 7.51. The van der Waals surface area contributed by atoms with Crippen molar-refractivity contribution >= 4 is 33.0 Å². The molecule has 10 heteroatoms. The van der Waals surface area contributed by atoms with E-state index in [4.69, 9.17) is 4.74 Å². The summed E-state index contributed by atoms with van der Waals surface area (Å²) >= 11 is 1.12. The Morgan fingerprint density at radius 1 is 1.26 bits per heavy atom. The number of fused-ring (bicyclic) bond motifs is 1. The van der Waals surface area contributed by atoms with Crippen LogP contribution in [0, 0.1) is 11.8 Å². The maximum absolute atomic E-state index is 13.5. The maximum Gasteiger partial charge on any atom is 0.271 e. The van der Waals surface area contributed by atoms with Crippen molar-refractivity contribution in [2.24, 2.45) is 11.8 Å². The van der Waals surface area contributed by atoms with Crippen molar-refractivity contribution in [2.45, 2.75) is 43.0 Å². The zero-order chi connectivity index (χ0) is 24.5. The fourth-order valence-electron chi connectivity index (χ4n) is 4.28. The number of carbonyl (C=O) groups is 1. The number of rotatable bonds is 9. The number of nitrogens with zero attached hydrogens (tertiary/aromatic N) is 2. The third-order valence-electron chi connectivity index (χ3n) is 6.45. The second-order valence-electron chi connectivity index (χ2n) is 9.51. The first-order chi connectivity index (χ1) is 16.2. The van der Waals surface area contributed by atoms with Crippen LogP contribution in [0.2, 0.25) is 0 Å². The number of carbonyl (C=O) groups excluding carboxylic acids is 1. The first-order valence-corrected chi connectivity index (χ1v) is 14.0. The lowest BCUT2D eigenvalue weighted by molar-refractivity contribution is 0.0346. The van der Waals surface area contributed by atoms with Crippen LogP contribution in [0.5, 0.6) is 5.75 Å². The second kappa shape index (κ2) is 10.2. The Bertz CT molecular complexity index is 1100. The number of anilines is 1. The van der Waals surface area contributed by atoms with E-state index in [1.54, 1.807) is 34.5 Å². The van der Waals surface area contributed by atoms with Crippen LogP contribution in [-0.4, -0.2) is 74.7 Å². The smallest absolute Gasteiger partial charge is 0.271 e. The molecule has 1 aromatic carbocycles. The highest BCUT2D eigenvalue weighted by Gasteiger charge is 2.35. The molecule has 3 atom stereocenters. The van der Waals surface area contributed by atoms with Gasteiger partial charge in [0.1, 0.15) is 10.3 Å². The largest absolute Gasteiger partial charge is 0.486 e. The number of hydrogen-bond acceptors (Lipinski definition) is 7. The number of thiophene rings is 1. The number of sulfonamides is 1. The molecule has 1 saturated carbocycles. The van der Waals surface area contributed by atoms with Crippen LogP contribution in [-0.2, 0) is 10.0 Å². The molecule has 2 heterocycles. The summed E-state index contributed by atoms with van der Waals surface area (Å²) in [6.45, 7) is 5.76. The standard InChI is InChI=1S/C24H33N3O5S2/c1-16-12-27(17(2)15-28)24(29)19-6-4-7-20(25-34(30,31)22-8-5-11-33-22)23(19)32-21(16)14-26(3)13-18-9-10-18/h4-8,11,16-18,21,25,28H,9-10,12-15H2,1-3H3/t16-,17-,21-/m0/s1. The van der Waals surface area contributed by atoms with Crippen LogP contribution < -0.4 is 9.46 Å². The van der Waals surface area contributed by atoms with Gasteiger partial charge >= 0.3 is 0 Å². The van der Waals surface area contributed by atoms with Gasteiger partial charge in [-0.05, 0) is 56.3 Å². The number of aliphatic hydroxyl groups excluding tert-OH is 1. The van der Waals surface area contributed by atoms with E-state index >= 15 is 0 Å². The molecular weight excluding hydrogens is 474 g/mol. The predicted molar refractivity (Wildman–Crippen MR) is 133 cm³/mol. The minimum Gasteiger partial charge on any atom is -0.486 e. The van der Waals surface area contributed by atoms with E-state index in [-0.39, 0.29) is 51.8 Å². The average molecular weight is 508 g/mol. The summed E-state index contributed by atoms with van der Waals surface area (Å²) in [5.41, 5.74) is 0.522. The SMILES string of the molecule is C[C@H]1CN([C@@H](C)CO)C(=O)c2cccc(NS(=O)(=O)c3cccs3)c2O[C@H]1CN(C)CC1CC1. The first kappa shape index (κ1) is 25.0. The Morgan fingerprint density at radius 2 is 2.03 bits per heavy atom. The van der Waals surface area contributed by atoms with Crippen molar-refractivity contribution in [1.82, 2.24) is 9.80 Å². The summed E-state index contributed by atoms with van der Waals surface area (Å²) in [4.78, 5) is 17.4. The van der Waals surface area contributed by atoms with Crippen molar-refractivity contribution in [3.63, 3.8) is 0 Å². The van der Waals surface area contributed by atoms with Crippen LogP contribution in [0.1, 0.15) is 37.0 Å². The number of benzene rings is 1. The average Bonchev–Trinajstić information content (AvgIpc) is 3.41. The molecule has 34 heavy (non-hydrogen) atoms. The van der Waals surface area contributed by atoms with Gasteiger partial charge in [-0.25, -0.2) is 8.42 Å². The van der Waals surface area contributed by atoms with Crippen LogP contribution >= 0.6 is 11.3 Å². The minimum absolute atomic E-state index is 0.0327. The Hall–Kier alpha value is -2.14. The van der Waals surface area contributed by atoms with Gasteiger partial charge in [-0.2, -0.15) is 0 Å². The number of amides is 1. The van der Waals surface area contributed by atoms with Crippen molar-refractivity contribution in [1.29, 1.82) is 0 Å². The van der Waals surface area contributed by atoms with Gasteiger partial charge in [-0.15, -0.1) is 11.3 Å². The number of hydrogen-bond donors (Lipinski definition) is 2. The topological polar surface area (TPSA) is 99.2 Å². The molecule has 1 aliphatic carbocycles. The van der Waals surface area contributed by atoms with Gasteiger partial charge in [-0.1, -0.05) is 19.1 Å². The summed E-state index contributed by atoms with van der Waals surface area (Å²) < 4.78 is 35.2. The summed E-state index contributed by atoms with van der Waals surface area (Å²) in [7, 11) is -1.76. The zero-order valence-corrected chi connectivity index (χ0v) is 21.4. The highest BCUT2D eigenvalue weighted by molar-refractivity contribution is 7.94. The fraction of sp³-hybridized carbons (Fsp3) is 0.542. The molecule has 2 aromatic rings. The molecule has 0 bridgehead atoms. The molecule has 0 saturated heterocycles. The van der Waals surface area contributed by atoms with Gasteiger partial charge < -0.3 is 19.6 Å². The normalized spacial score (nSPS) is 22.0. The molecule has 2 N–H and O–H groups in total. The minimum atomic E-state index is -3.82. The lowest BCUT2D eigenvalue weighted by atomic mass is 9.99. The number of aliphatic hydroxyl groups is 1. The summed E-state index contributed by atoms with van der Waals surface area (Å²) in [6.07, 6.45) is 2.23. The summed E-state index contributed by atoms with van der Waals surface area (Å²) in [5, 5.41) is 11.5. The van der Waals surface area contributed by atoms with E-state index in [0.29, 0.717) is 13.1 Å². The second-order valence-corrected chi connectivity index (χ2v) is 12.4. The Balaban J connectivity index is 1.72. The molecule has 0 radical (unpaired) electrons. The van der Waals surface area contributed by atoms with E-state index in [2.05, 4.69) is 16.7 Å². The van der Waals surface area contributed by atoms with Crippen molar-refractivity contribution in [2.75, 3.05) is 38.0 Å². The Labute approximate surface area is 205 Å². The molecule has 186 valence electrons. The van der Waals surface area contributed by atoms with Gasteiger partial charge in [0.2, 0.25) is 0 Å². The van der Waals surface area contributed by atoms with Crippen LogP contribution in [0.15, 0.2) is 39.9 Å². The highest BCUT2D eigenvalue weighted by atomic mass is 32.2. The van der Waals surface area contributed by atoms with E-state index in [1.807, 2.05) is 13.8 Å². The van der Waals surface area contributed by atoms with Crippen LogP contribution in [0.25, 0.3) is 0 Å². The van der Waals surface area contributed by atoms with Crippen LogP contribution in [0.3, 0.4) is 0 Å². The molecule has 1 aromatic heterocycles. The molecule has 0 unspecified atom stereocenters. The number of ether oxygens (including phenoxy) is 1. The molecular formula is C24H33N3O5S2. The third kappa shape index (κ3) is 5.56. The van der Waals surface area contributed by atoms with Gasteiger partial charge in [-0.3, -0.25) is 9.52 Å². The number of nitrogens with one attached hydrogen (secondary N) is 1. The summed E-state index contributed by atoms with van der Waals surface area (Å²) in [6, 6.07) is 7.75. The first-order valence-electron chi connectivity index (χ1n) is 11.7. The predicted octanol–water partition coefficient (Wildman–Crippen LogP) is 3.11. The van der Waals surface area contributed by atoms with Gasteiger partial charge in [0.15, 0.2) is 5.75 Å². The molecule has 1 aliphatic heterocycles. The molecule has 8 nitrogen and oxygen atoms in total. The highest BCUT2D eigenvalue weighted by Crippen LogP contribution is 2.37. The van der Waals surface area contributed by atoms with Crippen LogP contribution in [0.4, 0.5) is 5.69 Å². The molecule has 1 amide bonds. The quantitative estimate of drug-likeness (QED) is 0.541. The summed E-state index contributed by atoms with van der Waals surface area (Å²) in [5.74, 6) is 0.640.